The van der Waals surface area contributed by atoms with Gasteiger partial charge in [-0.15, -0.1) is 5.10 Å². The summed E-state index contributed by atoms with van der Waals surface area (Å²) < 4.78 is 7.15. The molecular weight excluding hydrogens is 374 g/mol. The van der Waals surface area contributed by atoms with Crippen molar-refractivity contribution in [1.82, 2.24) is 24.5 Å². The maximum atomic E-state index is 12.8. The third-order valence-electron chi connectivity index (χ3n) is 3.96. The van der Waals surface area contributed by atoms with Crippen LogP contribution in [0.5, 0.6) is 0 Å². The molecule has 1 atom stereocenters. The maximum absolute atomic E-state index is 12.8. The highest BCUT2D eigenvalue weighted by Gasteiger charge is 2.29. The van der Waals surface area contributed by atoms with Crippen molar-refractivity contribution in [3.05, 3.63) is 45.5 Å². The lowest BCUT2D eigenvalue weighted by Crippen LogP contribution is -2.35. The zero-order valence-electron chi connectivity index (χ0n) is 14.8. The molecular formula is C17H16ClN5O4. The molecule has 3 rings (SSSR count). The predicted octanol–water partition coefficient (Wildman–Crippen LogP) is 1.63. The standard InChI is InChI=1S/C17H16ClN5O4/c1-4-27-17(26)14(10(3)24)22-8-19-15-13(16(22)25)20-21-23(15)11-6-5-9(2)12(18)7-11/h5-8,14H,4H2,1-3H3/t14-/m0/s1. The Hall–Kier alpha value is -3.07. The van der Waals surface area contributed by atoms with Crippen LogP contribution in [0.25, 0.3) is 16.9 Å². The Kier molecular flexibility index (Phi) is 5.04. The van der Waals surface area contributed by atoms with Crippen molar-refractivity contribution in [3.8, 4) is 5.69 Å². The van der Waals surface area contributed by atoms with Gasteiger partial charge in [0.2, 0.25) is 0 Å². The fraction of sp³-hybridized carbons (Fsp3) is 0.294. The number of ketones is 1. The van der Waals surface area contributed by atoms with Crippen LogP contribution in [-0.2, 0) is 14.3 Å². The van der Waals surface area contributed by atoms with Gasteiger partial charge in [-0.1, -0.05) is 22.9 Å². The number of fused-ring (bicyclic) bond motifs is 1. The number of hydrogen-bond donors (Lipinski definition) is 0. The third kappa shape index (κ3) is 3.33. The van der Waals surface area contributed by atoms with E-state index in [0.717, 1.165) is 16.5 Å². The Morgan fingerprint density at radius 1 is 1.33 bits per heavy atom. The number of nitrogens with zero attached hydrogens (tertiary/aromatic N) is 5. The summed E-state index contributed by atoms with van der Waals surface area (Å²) in [4.78, 5) is 40.9. The fourth-order valence-corrected chi connectivity index (χ4v) is 2.77. The fourth-order valence-electron chi connectivity index (χ4n) is 2.59. The lowest BCUT2D eigenvalue weighted by atomic mass is 10.2. The molecule has 10 heteroatoms. The van der Waals surface area contributed by atoms with Crippen LogP contribution in [0.3, 0.4) is 0 Å². The number of benzene rings is 1. The molecule has 140 valence electrons. The van der Waals surface area contributed by atoms with E-state index in [2.05, 4.69) is 15.3 Å². The Labute approximate surface area is 158 Å². The van der Waals surface area contributed by atoms with Crippen LogP contribution < -0.4 is 5.56 Å². The number of halogens is 1. The highest BCUT2D eigenvalue weighted by molar-refractivity contribution is 6.31. The summed E-state index contributed by atoms with van der Waals surface area (Å²) in [5.41, 5.74) is 0.898. The zero-order valence-corrected chi connectivity index (χ0v) is 15.6. The molecule has 0 saturated carbocycles. The molecule has 3 aromatic rings. The van der Waals surface area contributed by atoms with Gasteiger partial charge in [-0.2, -0.15) is 4.68 Å². The van der Waals surface area contributed by atoms with Gasteiger partial charge in [0.05, 0.1) is 12.3 Å². The van der Waals surface area contributed by atoms with Crippen LogP contribution in [0.1, 0.15) is 25.5 Å². The molecule has 0 aliphatic carbocycles. The lowest BCUT2D eigenvalue weighted by Gasteiger charge is -2.14. The van der Waals surface area contributed by atoms with Crippen LogP contribution in [0.2, 0.25) is 5.02 Å². The average Bonchev–Trinajstić information content (AvgIpc) is 3.04. The third-order valence-corrected chi connectivity index (χ3v) is 4.37. The van der Waals surface area contributed by atoms with Crippen LogP contribution in [0.4, 0.5) is 0 Å². The smallest absolute Gasteiger partial charge is 0.337 e. The Morgan fingerprint density at radius 2 is 2.07 bits per heavy atom. The SMILES string of the molecule is CCOC(=O)[C@H](C(C)=O)n1cnc2c(nnn2-c2ccc(C)c(Cl)c2)c1=O. The van der Waals surface area contributed by atoms with Gasteiger partial charge >= 0.3 is 5.97 Å². The van der Waals surface area contributed by atoms with Crippen molar-refractivity contribution in [3.63, 3.8) is 0 Å². The van der Waals surface area contributed by atoms with Crippen molar-refractivity contribution in [2.24, 2.45) is 0 Å². The summed E-state index contributed by atoms with van der Waals surface area (Å²) in [6.45, 7) is 4.75. The number of carbonyl (C=O) groups excluding carboxylic acids is 2. The number of esters is 1. The molecule has 2 heterocycles. The summed E-state index contributed by atoms with van der Waals surface area (Å²) in [6, 6.07) is 3.82. The van der Waals surface area contributed by atoms with Gasteiger partial charge < -0.3 is 4.74 Å². The second-order valence-corrected chi connectivity index (χ2v) is 6.24. The van der Waals surface area contributed by atoms with Gasteiger partial charge in [0.1, 0.15) is 6.33 Å². The molecule has 0 unspecified atom stereocenters. The monoisotopic (exact) mass is 389 g/mol. The maximum Gasteiger partial charge on any atom is 0.337 e. The first-order chi connectivity index (χ1) is 12.8. The van der Waals surface area contributed by atoms with E-state index in [4.69, 9.17) is 16.3 Å². The first-order valence-corrected chi connectivity index (χ1v) is 8.49. The first-order valence-electron chi connectivity index (χ1n) is 8.11. The summed E-state index contributed by atoms with van der Waals surface area (Å²) >= 11 is 6.14. The lowest BCUT2D eigenvalue weighted by molar-refractivity contribution is -0.150. The number of ether oxygens (including phenoxy) is 1. The molecule has 9 nitrogen and oxygen atoms in total. The van der Waals surface area contributed by atoms with Gasteiger partial charge in [-0.3, -0.25) is 14.2 Å². The number of aryl methyl sites for hydroxylation is 1. The van der Waals surface area contributed by atoms with Crippen LogP contribution in [-0.4, -0.2) is 42.9 Å². The molecule has 0 fully saturated rings. The summed E-state index contributed by atoms with van der Waals surface area (Å²) in [5.74, 6) is -1.37. The molecule has 0 aliphatic heterocycles. The van der Waals surface area contributed by atoms with Crippen LogP contribution in [0, 0.1) is 6.92 Å². The summed E-state index contributed by atoms with van der Waals surface area (Å²) in [5, 5.41) is 8.35. The highest BCUT2D eigenvalue weighted by atomic mass is 35.5. The van der Waals surface area contributed by atoms with Crippen LogP contribution >= 0.6 is 11.6 Å². The van der Waals surface area contributed by atoms with Crippen molar-refractivity contribution in [2.45, 2.75) is 26.8 Å². The first kappa shape index (κ1) is 18.7. The molecule has 27 heavy (non-hydrogen) atoms. The van der Waals surface area contributed by atoms with Crippen molar-refractivity contribution < 1.29 is 14.3 Å². The average molecular weight is 390 g/mol. The molecule has 2 aromatic heterocycles. The van der Waals surface area contributed by atoms with Crippen molar-refractivity contribution >= 4 is 34.5 Å². The van der Waals surface area contributed by atoms with E-state index in [9.17, 15) is 14.4 Å². The number of rotatable bonds is 5. The molecule has 0 saturated heterocycles. The second-order valence-electron chi connectivity index (χ2n) is 5.83. The number of carbonyl (C=O) groups is 2. The quantitative estimate of drug-likeness (QED) is 0.482. The van der Waals surface area contributed by atoms with Gasteiger partial charge in [0.25, 0.3) is 5.56 Å². The minimum Gasteiger partial charge on any atom is -0.464 e. The second kappa shape index (κ2) is 7.28. The van der Waals surface area contributed by atoms with Crippen molar-refractivity contribution in [2.75, 3.05) is 6.61 Å². The van der Waals surface area contributed by atoms with Gasteiger partial charge in [0, 0.05) is 5.02 Å². The summed E-state index contributed by atoms with van der Waals surface area (Å²) in [6.07, 6.45) is 1.11. The molecule has 0 spiro atoms. The highest BCUT2D eigenvalue weighted by Crippen LogP contribution is 2.20. The van der Waals surface area contributed by atoms with Gasteiger partial charge in [-0.25, -0.2) is 9.78 Å². The normalized spacial score (nSPS) is 12.1. The van der Waals surface area contributed by atoms with Gasteiger partial charge in [-0.05, 0) is 38.5 Å². The minimum absolute atomic E-state index is 0.0789. The van der Waals surface area contributed by atoms with Gasteiger partial charge in [0.15, 0.2) is 23.0 Å². The molecule has 0 radical (unpaired) electrons. The topological polar surface area (TPSA) is 109 Å². The Morgan fingerprint density at radius 3 is 2.70 bits per heavy atom. The molecule has 1 aromatic carbocycles. The minimum atomic E-state index is -1.42. The zero-order chi connectivity index (χ0) is 19.7. The molecule has 0 N–H and O–H groups in total. The van der Waals surface area contributed by atoms with E-state index >= 15 is 0 Å². The predicted molar refractivity (Wildman–Crippen MR) is 97.0 cm³/mol. The van der Waals surface area contributed by atoms with E-state index in [1.165, 1.54) is 11.6 Å². The molecule has 0 bridgehead atoms. The van der Waals surface area contributed by atoms with E-state index in [-0.39, 0.29) is 17.8 Å². The van der Waals surface area contributed by atoms with E-state index < -0.39 is 23.4 Å². The summed E-state index contributed by atoms with van der Waals surface area (Å²) in [7, 11) is 0. The molecule has 0 aliphatic rings. The Bertz CT molecular complexity index is 1100. The Balaban J connectivity index is 2.14. The number of Topliss-reactive ketones (excluding diaryl/α,β-unsaturated/α-hetero) is 1. The molecule has 0 amide bonds. The number of aromatic nitrogens is 5. The van der Waals surface area contributed by atoms with Crippen molar-refractivity contribution in [1.29, 1.82) is 0 Å². The largest absolute Gasteiger partial charge is 0.464 e. The van der Waals surface area contributed by atoms with E-state index in [0.29, 0.717) is 10.7 Å². The van der Waals surface area contributed by atoms with E-state index in [1.807, 2.05) is 6.92 Å². The van der Waals surface area contributed by atoms with E-state index in [1.54, 1.807) is 25.1 Å². The van der Waals surface area contributed by atoms with Crippen LogP contribution in [0.15, 0.2) is 29.3 Å². The number of hydrogen-bond acceptors (Lipinski definition) is 7.